The van der Waals surface area contributed by atoms with Gasteiger partial charge in [0.2, 0.25) is 0 Å². The molecule has 0 atom stereocenters. The van der Waals surface area contributed by atoms with Gasteiger partial charge in [-0.1, -0.05) is 36.9 Å². The second kappa shape index (κ2) is 14.3. The molecule has 2 aromatic carbocycles. The Morgan fingerprint density at radius 2 is 1.82 bits per heavy atom. The summed E-state index contributed by atoms with van der Waals surface area (Å²) in [5.74, 6) is 1.03. The largest absolute Gasteiger partial charge is 0.573 e. The molecule has 1 aromatic heterocycles. The van der Waals surface area contributed by atoms with E-state index in [2.05, 4.69) is 53.0 Å². The number of benzene rings is 2. The Kier molecular flexibility index (Phi) is 10.0. The molecule has 2 fully saturated rings. The van der Waals surface area contributed by atoms with Gasteiger partial charge >= 0.3 is 6.36 Å². The van der Waals surface area contributed by atoms with E-state index in [0.717, 1.165) is 61.7 Å². The maximum absolute atomic E-state index is 12.7. The molecule has 0 spiro atoms. The van der Waals surface area contributed by atoms with Crippen molar-refractivity contribution in [2.75, 3.05) is 36.8 Å². The first kappa shape index (κ1) is 31.6. The van der Waals surface area contributed by atoms with E-state index < -0.39 is 18.0 Å². The van der Waals surface area contributed by atoms with Gasteiger partial charge in [-0.3, -0.25) is 14.8 Å². The van der Waals surface area contributed by atoms with Gasteiger partial charge in [0.15, 0.2) is 5.82 Å². The number of rotatable bonds is 12. The van der Waals surface area contributed by atoms with Crippen LogP contribution >= 0.6 is 0 Å². The third-order valence-corrected chi connectivity index (χ3v) is 7.41. The standard InChI is InChI=1S/C33H36F3N7O2/c1-3-6-31(37-16-15-23(2)38-30-21-28(40-41-30)25-11-12-25)43-19-17-42(18-20-43)22-24-9-13-26(14-10-24)39-32(44)27-7-4-5-8-29(27)45-33(34,35)36/h3-10,13-16,21,25H,1,11-12,17-20,22H2,2H3,(H,39,44)(H2,38,40,41)/b23-15+,31-6-,37-16-. The molecular weight excluding hydrogens is 583 g/mol. The zero-order valence-corrected chi connectivity index (χ0v) is 25.0. The number of nitrogens with one attached hydrogen (secondary N) is 3. The molecule has 9 nitrogen and oxygen atoms in total. The number of halogens is 3. The van der Waals surface area contributed by atoms with E-state index in [0.29, 0.717) is 11.6 Å². The third-order valence-electron chi connectivity index (χ3n) is 7.41. The van der Waals surface area contributed by atoms with Gasteiger partial charge in [-0.15, -0.1) is 13.2 Å². The van der Waals surface area contributed by atoms with E-state index in [4.69, 9.17) is 0 Å². The summed E-state index contributed by atoms with van der Waals surface area (Å²) in [5.41, 5.74) is 3.43. The summed E-state index contributed by atoms with van der Waals surface area (Å²) in [4.78, 5) is 21.9. The van der Waals surface area contributed by atoms with E-state index in [-0.39, 0.29) is 5.56 Å². The van der Waals surface area contributed by atoms with Gasteiger partial charge in [0.25, 0.3) is 5.91 Å². The Morgan fingerprint density at radius 3 is 2.51 bits per heavy atom. The number of carbonyl (C=O) groups excluding carboxylic acids is 1. The predicted octanol–water partition coefficient (Wildman–Crippen LogP) is 6.67. The number of nitrogens with zero attached hydrogens (tertiary/aromatic N) is 4. The molecule has 45 heavy (non-hydrogen) atoms. The average Bonchev–Trinajstić information content (AvgIpc) is 3.76. The lowest BCUT2D eigenvalue weighted by molar-refractivity contribution is -0.274. The number of allylic oxidation sites excluding steroid dienone is 4. The number of hydrogen-bond acceptors (Lipinski definition) is 7. The van der Waals surface area contributed by atoms with Crippen LogP contribution in [-0.2, 0) is 6.54 Å². The molecule has 1 saturated carbocycles. The van der Waals surface area contributed by atoms with Crippen molar-refractivity contribution in [2.45, 2.75) is 38.6 Å². The van der Waals surface area contributed by atoms with Crippen molar-refractivity contribution < 1.29 is 22.7 Å². The highest BCUT2D eigenvalue weighted by atomic mass is 19.4. The molecule has 0 bridgehead atoms. The number of para-hydroxylation sites is 1. The molecule has 1 aliphatic heterocycles. The number of aliphatic imine (C=N–C) groups is 1. The van der Waals surface area contributed by atoms with Crippen LogP contribution in [0.15, 0.2) is 95.9 Å². The molecule has 5 rings (SSSR count). The lowest BCUT2D eigenvalue weighted by Gasteiger charge is -2.36. The van der Waals surface area contributed by atoms with Crippen LogP contribution in [0.1, 0.15) is 47.3 Å². The van der Waals surface area contributed by atoms with Crippen LogP contribution in [0.25, 0.3) is 0 Å². The van der Waals surface area contributed by atoms with Gasteiger partial charge in [0, 0.05) is 68.0 Å². The van der Waals surface area contributed by atoms with Crippen LogP contribution in [-0.4, -0.2) is 64.7 Å². The van der Waals surface area contributed by atoms with Gasteiger partial charge in [-0.25, -0.2) is 4.99 Å². The molecule has 236 valence electrons. The molecule has 0 unspecified atom stereocenters. The van der Waals surface area contributed by atoms with E-state index >= 15 is 0 Å². The molecule has 3 aromatic rings. The third kappa shape index (κ3) is 9.32. The summed E-state index contributed by atoms with van der Waals surface area (Å²) in [5, 5.41) is 13.4. The van der Waals surface area contributed by atoms with Crippen molar-refractivity contribution in [3.8, 4) is 5.75 Å². The normalized spacial score (nSPS) is 16.6. The van der Waals surface area contributed by atoms with E-state index in [9.17, 15) is 18.0 Å². The number of anilines is 2. The van der Waals surface area contributed by atoms with Crippen molar-refractivity contribution >= 4 is 23.6 Å². The monoisotopic (exact) mass is 619 g/mol. The minimum atomic E-state index is -4.89. The summed E-state index contributed by atoms with van der Waals surface area (Å²) in [6.45, 7) is 9.79. The molecule has 0 radical (unpaired) electrons. The number of amides is 1. The van der Waals surface area contributed by atoms with E-state index in [1.807, 2.05) is 31.2 Å². The van der Waals surface area contributed by atoms with Gasteiger partial charge in [-0.2, -0.15) is 5.10 Å². The van der Waals surface area contributed by atoms with Crippen LogP contribution in [0.5, 0.6) is 5.75 Å². The second-order valence-corrected chi connectivity index (χ2v) is 11.0. The van der Waals surface area contributed by atoms with Crippen molar-refractivity contribution in [3.63, 3.8) is 0 Å². The molecule has 12 heteroatoms. The summed E-state index contributed by atoms with van der Waals surface area (Å²) < 4.78 is 42.2. The highest BCUT2D eigenvalue weighted by Gasteiger charge is 2.33. The summed E-state index contributed by atoms with van der Waals surface area (Å²) in [7, 11) is 0. The van der Waals surface area contributed by atoms with Gasteiger partial charge < -0.3 is 20.3 Å². The maximum Gasteiger partial charge on any atom is 0.573 e. The number of piperazine rings is 1. The van der Waals surface area contributed by atoms with Crippen molar-refractivity contribution in [3.05, 3.63) is 108 Å². The Balaban J connectivity index is 1.09. The first-order valence-corrected chi connectivity index (χ1v) is 14.8. The van der Waals surface area contributed by atoms with Gasteiger partial charge in [0.1, 0.15) is 11.6 Å². The summed E-state index contributed by atoms with van der Waals surface area (Å²) in [6.07, 6.45) is 4.88. The van der Waals surface area contributed by atoms with E-state index in [1.54, 1.807) is 24.4 Å². The number of hydrogen-bond donors (Lipinski definition) is 3. The minimum Gasteiger partial charge on any atom is -0.405 e. The van der Waals surface area contributed by atoms with Crippen molar-refractivity contribution in [1.82, 2.24) is 20.0 Å². The van der Waals surface area contributed by atoms with Crippen LogP contribution < -0.4 is 15.4 Å². The fraction of sp³-hybridized carbons (Fsp3) is 0.303. The topological polar surface area (TPSA) is 97.9 Å². The highest BCUT2D eigenvalue weighted by Crippen LogP contribution is 2.39. The Bertz CT molecular complexity index is 1570. The van der Waals surface area contributed by atoms with Crippen molar-refractivity contribution in [2.24, 2.45) is 4.99 Å². The van der Waals surface area contributed by atoms with E-state index in [1.165, 1.54) is 36.7 Å². The van der Waals surface area contributed by atoms with Crippen LogP contribution in [0.3, 0.4) is 0 Å². The quantitative estimate of drug-likeness (QED) is 0.155. The molecule has 1 aliphatic carbocycles. The summed E-state index contributed by atoms with van der Waals surface area (Å²) in [6, 6.07) is 14.6. The fourth-order valence-electron chi connectivity index (χ4n) is 4.96. The first-order valence-electron chi connectivity index (χ1n) is 14.8. The molecule has 1 amide bonds. The number of H-pyrrole nitrogens is 1. The molecule has 1 saturated heterocycles. The van der Waals surface area contributed by atoms with Crippen LogP contribution in [0, 0.1) is 0 Å². The number of aromatic nitrogens is 2. The lowest BCUT2D eigenvalue weighted by Crippen LogP contribution is -2.45. The second-order valence-electron chi connectivity index (χ2n) is 11.0. The minimum absolute atomic E-state index is 0.204. The Morgan fingerprint density at radius 1 is 1.09 bits per heavy atom. The molecule has 2 aliphatic rings. The SMILES string of the molecule is C=C/C=C(/N=C\C=C(/C)Nc1cc(C2CC2)[nH]n1)N1CCN(Cc2ccc(NC(=O)c3ccccc3OC(F)(F)F)cc2)CC1. The van der Waals surface area contributed by atoms with Gasteiger partial charge in [-0.05, 0) is 61.7 Å². The highest BCUT2D eigenvalue weighted by molar-refractivity contribution is 6.06. The van der Waals surface area contributed by atoms with Gasteiger partial charge in [0.05, 0.1) is 5.56 Å². The lowest BCUT2D eigenvalue weighted by atomic mass is 10.1. The average molecular weight is 620 g/mol. The molecular formula is C33H36F3N7O2. The van der Waals surface area contributed by atoms with Crippen LogP contribution in [0.4, 0.5) is 24.7 Å². The summed E-state index contributed by atoms with van der Waals surface area (Å²) >= 11 is 0. The maximum atomic E-state index is 12.7. The Hall–Kier alpha value is -4.84. The number of alkyl halides is 3. The zero-order chi connectivity index (χ0) is 31.8. The van der Waals surface area contributed by atoms with Crippen molar-refractivity contribution in [1.29, 1.82) is 0 Å². The number of aromatic amines is 1. The van der Waals surface area contributed by atoms with Crippen LogP contribution in [0.2, 0.25) is 0 Å². The smallest absolute Gasteiger partial charge is 0.405 e. The molecule has 3 N–H and O–H groups in total. The number of carbonyl (C=O) groups is 1. The first-order chi connectivity index (χ1) is 21.7. The number of ether oxygens (including phenoxy) is 1. The Labute approximate surface area is 260 Å². The fourth-order valence-corrected chi connectivity index (χ4v) is 4.96. The predicted molar refractivity (Wildman–Crippen MR) is 169 cm³/mol. The zero-order valence-electron chi connectivity index (χ0n) is 25.0. The molecule has 2 heterocycles.